The van der Waals surface area contributed by atoms with Crippen molar-refractivity contribution >= 4 is 17.5 Å². The van der Waals surface area contributed by atoms with Crippen LogP contribution in [0.2, 0.25) is 0 Å². The van der Waals surface area contributed by atoms with Crippen molar-refractivity contribution in [2.45, 2.75) is 19.4 Å². The predicted molar refractivity (Wildman–Crippen MR) is 88.2 cm³/mol. The quantitative estimate of drug-likeness (QED) is 0.915. The topological polar surface area (TPSA) is 57.3 Å². The molecule has 2 heterocycles. The van der Waals surface area contributed by atoms with Crippen molar-refractivity contribution in [2.75, 3.05) is 23.3 Å². The molecule has 1 fully saturated rings. The number of carbonyl (C=O) groups is 1. The Morgan fingerprint density at radius 2 is 2.18 bits per heavy atom. The summed E-state index contributed by atoms with van der Waals surface area (Å²) in [4.78, 5) is 18.6. The lowest BCUT2D eigenvalue weighted by atomic mass is 10.2. The van der Waals surface area contributed by atoms with Crippen LogP contribution in [0.3, 0.4) is 0 Å². The van der Waals surface area contributed by atoms with E-state index in [1.165, 1.54) is 0 Å². The van der Waals surface area contributed by atoms with Gasteiger partial charge in [0.05, 0.1) is 0 Å². The number of hydrogen-bond acceptors (Lipinski definition) is 3. The smallest absolute Gasteiger partial charge is 0.319 e. The normalized spacial score (nSPS) is 17.3. The summed E-state index contributed by atoms with van der Waals surface area (Å²) in [6.45, 7) is 3.70. The Hall–Kier alpha value is -2.56. The van der Waals surface area contributed by atoms with E-state index < -0.39 is 0 Å². The summed E-state index contributed by atoms with van der Waals surface area (Å²) < 4.78 is 0. The van der Waals surface area contributed by atoms with E-state index in [-0.39, 0.29) is 12.1 Å². The molecule has 2 amide bonds. The fourth-order valence-corrected chi connectivity index (χ4v) is 2.70. The van der Waals surface area contributed by atoms with Crippen molar-refractivity contribution in [1.82, 2.24) is 10.3 Å². The number of nitrogens with one attached hydrogen (secondary N) is 2. The molecule has 0 saturated carbocycles. The van der Waals surface area contributed by atoms with E-state index in [2.05, 4.69) is 20.5 Å². The van der Waals surface area contributed by atoms with Crippen LogP contribution in [-0.2, 0) is 0 Å². The molecule has 1 aliphatic heterocycles. The highest BCUT2D eigenvalue weighted by atomic mass is 16.2. The Balaban J connectivity index is 1.53. The fraction of sp³-hybridized carbons (Fsp3) is 0.294. The molecule has 0 bridgehead atoms. The summed E-state index contributed by atoms with van der Waals surface area (Å²) in [7, 11) is 0. The first-order valence-corrected chi connectivity index (χ1v) is 7.51. The van der Waals surface area contributed by atoms with E-state index >= 15 is 0 Å². The second kappa shape index (κ2) is 6.47. The first kappa shape index (κ1) is 14.4. The minimum atomic E-state index is -0.154. The van der Waals surface area contributed by atoms with Gasteiger partial charge < -0.3 is 15.5 Å². The lowest BCUT2D eigenvalue weighted by molar-refractivity contribution is 0.249. The second-order valence-corrected chi connectivity index (χ2v) is 5.59. The van der Waals surface area contributed by atoms with E-state index in [1.54, 1.807) is 6.20 Å². The van der Waals surface area contributed by atoms with Gasteiger partial charge in [-0.3, -0.25) is 0 Å². The summed E-state index contributed by atoms with van der Waals surface area (Å²) in [5.74, 6) is 0.964. The van der Waals surface area contributed by atoms with Crippen molar-refractivity contribution in [3.8, 4) is 0 Å². The highest BCUT2D eigenvalue weighted by Gasteiger charge is 2.24. The summed E-state index contributed by atoms with van der Waals surface area (Å²) in [6, 6.07) is 13.7. The maximum atomic E-state index is 12.1. The number of hydrogen-bond donors (Lipinski definition) is 2. The zero-order valence-electron chi connectivity index (χ0n) is 12.6. The number of rotatable bonds is 3. The van der Waals surface area contributed by atoms with Crippen LogP contribution >= 0.6 is 0 Å². The van der Waals surface area contributed by atoms with Gasteiger partial charge in [0.15, 0.2) is 0 Å². The number of amides is 2. The Bertz CT molecular complexity index is 644. The van der Waals surface area contributed by atoms with Gasteiger partial charge in [0.25, 0.3) is 0 Å². The van der Waals surface area contributed by atoms with Crippen LogP contribution in [0.15, 0.2) is 48.7 Å². The van der Waals surface area contributed by atoms with E-state index in [9.17, 15) is 4.79 Å². The largest absolute Gasteiger partial charge is 0.354 e. The number of aromatic nitrogens is 1. The highest BCUT2D eigenvalue weighted by Crippen LogP contribution is 2.17. The Morgan fingerprint density at radius 1 is 1.27 bits per heavy atom. The molecule has 5 nitrogen and oxygen atoms in total. The Kier molecular flexibility index (Phi) is 4.23. The van der Waals surface area contributed by atoms with Crippen molar-refractivity contribution in [1.29, 1.82) is 0 Å². The molecule has 1 aromatic heterocycles. The number of carbonyl (C=O) groups excluding carboxylic acids is 1. The van der Waals surface area contributed by atoms with Crippen molar-refractivity contribution in [2.24, 2.45) is 0 Å². The maximum Gasteiger partial charge on any atom is 0.319 e. The molecule has 0 spiro atoms. The van der Waals surface area contributed by atoms with Gasteiger partial charge >= 0.3 is 6.03 Å². The van der Waals surface area contributed by atoms with Crippen molar-refractivity contribution in [3.63, 3.8) is 0 Å². The van der Waals surface area contributed by atoms with E-state index in [0.717, 1.165) is 36.6 Å². The van der Waals surface area contributed by atoms with E-state index in [1.807, 2.05) is 49.4 Å². The molecule has 5 heteroatoms. The van der Waals surface area contributed by atoms with Gasteiger partial charge in [0.1, 0.15) is 5.82 Å². The SMILES string of the molecule is Cc1cccc(NC(=O)NC2CCN(c3ccccn3)C2)c1. The molecule has 1 aliphatic rings. The lowest BCUT2D eigenvalue weighted by Crippen LogP contribution is -2.39. The lowest BCUT2D eigenvalue weighted by Gasteiger charge is -2.18. The molecule has 114 valence electrons. The van der Waals surface area contributed by atoms with Crippen LogP contribution in [0.25, 0.3) is 0 Å². The second-order valence-electron chi connectivity index (χ2n) is 5.59. The third kappa shape index (κ3) is 3.55. The first-order valence-electron chi connectivity index (χ1n) is 7.51. The van der Waals surface area contributed by atoms with E-state index in [4.69, 9.17) is 0 Å². The number of nitrogens with zero attached hydrogens (tertiary/aromatic N) is 2. The minimum Gasteiger partial charge on any atom is -0.354 e. The third-order valence-electron chi connectivity index (χ3n) is 3.77. The molecule has 2 N–H and O–H groups in total. The Morgan fingerprint density at radius 3 is 2.95 bits per heavy atom. The average molecular weight is 296 g/mol. The maximum absolute atomic E-state index is 12.1. The molecule has 1 saturated heterocycles. The molecular formula is C17H20N4O. The molecule has 0 aliphatic carbocycles. The molecule has 22 heavy (non-hydrogen) atoms. The molecule has 0 radical (unpaired) electrons. The molecule has 1 atom stereocenters. The molecule has 3 rings (SSSR count). The fourth-order valence-electron chi connectivity index (χ4n) is 2.70. The third-order valence-corrected chi connectivity index (χ3v) is 3.77. The summed E-state index contributed by atoms with van der Waals surface area (Å²) >= 11 is 0. The monoisotopic (exact) mass is 296 g/mol. The Labute approximate surface area is 130 Å². The molecular weight excluding hydrogens is 276 g/mol. The van der Waals surface area contributed by atoms with Gasteiger partial charge in [-0.1, -0.05) is 18.2 Å². The van der Waals surface area contributed by atoms with Gasteiger partial charge in [-0.25, -0.2) is 9.78 Å². The van der Waals surface area contributed by atoms with Crippen LogP contribution in [-0.4, -0.2) is 30.1 Å². The van der Waals surface area contributed by atoms with Crippen LogP contribution in [0.4, 0.5) is 16.3 Å². The number of benzene rings is 1. The zero-order chi connectivity index (χ0) is 15.4. The average Bonchev–Trinajstić information content (AvgIpc) is 2.96. The molecule has 1 aromatic carbocycles. The van der Waals surface area contributed by atoms with Gasteiger partial charge in [-0.15, -0.1) is 0 Å². The van der Waals surface area contributed by atoms with Crippen LogP contribution in [0.5, 0.6) is 0 Å². The minimum absolute atomic E-state index is 0.145. The summed E-state index contributed by atoms with van der Waals surface area (Å²) in [5.41, 5.74) is 1.94. The standard InChI is InChI=1S/C17H20N4O/c1-13-5-4-6-14(11-13)19-17(22)20-15-8-10-21(12-15)16-7-2-3-9-18-16/h2-7,9,11,15H,8,10,12H2,1H3,(H2,19,20,22). The number of anilines is 2. The van der Waals surface area contributed by atoms with Crippen LogP contribution < -0.4 is 15.5 Å². The van der Waals surface area contributed by atoms with Crippen LogP contribution in [0.1, 0.15) is 12.0 Å². The van der Waals surface area contributed by atoms with Gasteiger partial charge in [0, 0.05) is 31.0 Å². The molecule has 2 aromatic rings. The van der Waals surface area contributed by atoms with E-state index in [0.29, 0.717) is 0 Å². The van der Waals surface area contributed by atoms with Gasteiger partial charge in [-0.05, 0) is 43.2 Å². The number of pyridine rings is 1. The van der Waals surface area contributed by atoms with Crippen molar-refractivity contribution in [3.05, 3.63) is 54.2 Å². The first-order chi connectivity index (χ1) is 10.7. The van der Waals surface area contributed by atoms with Crippen LogP contribution in [0, 0.1) is 6.92 Å². The van der Waals surface area contributed by atoms with Gasteiger partial charge in [0.2, 0.25) is 0 Å². The summed E-state index contributed by atoms with van der Waals surface area (Å²) in [5, 5.41) is 5.91. The number of aryl methyl sites for hydroxylation is 1. The highest BCUT2D eigenvalue weighted by molar-refractivity contribution is 5.89. The van der Waals surface area contributed by atoms with Gasteiger partial charge in [-0.2, -0.15) is 0 Å². The molecule has 1 unspecified atom stereocenters. The predicted octanol–water partition coefficient (Wildman–Crippen LogP) is 2.79. The zero-order valence-corrected chi connectivity index (χ0v) is 12.6. The number of urea groups is 1. The van der Waals surface area contributed by atoms with Crippen molar-refractivity contribution < 1.29 is 4.79 Å². The summed E-state index contributed by atoms with van der Waals surface area (Å²) in [6.07, 6.45) is 2.72.